The van der Waals surface area contributed by atoms with Crippen molar-refractivity contribution in [1.29, 1.82) is 0 Å². The average molecular weight is 347 g/mol. The van der Waals surface area contributed by atoms with Crippen molar-refractivity contribution in [3.8, 4) is 11.3 Å². The predicted molar refractivity (Wildman–Crippen MR) is 98.0 cm³/mol. The molecule has 1 fully saturated rings. The second-order valence-electron chi connectivity index (χ2n) is 6.11. The maximum Gasteiger partial charge on any atom is 0.233 e. The van der Waals surface area contributed by atoms with Gasteiger partial charge in [-0.15, -0.1) is 11.3 Å². The molecule has 0 radical (unpaired) electrons. The highest BCUT2D eigenvalue weighted by molar-refractivity contribution is 8.02. The summed E-state index contributed by atoms with van der Waals surface area (Å²) in [6.45, 7) is 4.04. The van der Waals surface area contributed by atoms with Crippen molar-refractivity contribution in [3.63, 3.8) is 0 Å². The molecule has 1 saturated carbocycles. The van der Waals surface area contributed by atoms with Crippen LogP contribution < -0.4 is 5.32 Å². The zero-order valence-corrected chi connectivity index (χ0v) is 15.2. The predicted octanol–water partition coefficient (Wildman–Crippen LogP) is 4.66. The molecule has 3 rings (SSSR count). The van der Waals surface area contributed by atoms with Crippen LogP contribution in [-0.4, -0.2) is 22.2 Å². The highest BCUT2D eigenvalue weighted by Gasteiger charge is 2.22. The molecule has 5 heteroatoms. The van der Waals surface area contributed by atoms with Crippen molar-refractivity contribution >= 4 is 29.0 Å². The molecule has 1 heterocycles. The van der Waals surface area contributed by atoms with Crippen LogP contribution in [0, 0.1) is 6.92 Å². The molecule has 0 spiro atoms. The molecule has 0 saturated heterocycles. The van der Waals surface area contributed by atoms with E-state index in [4.69, 9.17) is 0 Å². The molecule has 0 aliphatic heterocycles. The number of amides is 1. The Kier molecular flexibility index (Phi) is 5.38. The second-order valence-corrected chi connectivity index (χ2v) is 8.56. The Hall–Kier alpha value is -1.33. The van der Waals surface area contributed by atoms with E-state index < -0.39 is 0 Å². The van der Waals surface area contributed by atoms with E-state index in [1.165, 1.54) is 18.4 Å². The third-order valence-corrected chi connectivity index (χ3v) is 6.25. The summed E-state index contributed by atoms with van der Waals surface area (Å²) in [5, 5.41) is 5.12. The van der Waals surface area contributed by atoms with E-state index in [2.05, 4.69) is 46.9 Å². The van der Waals surface area contributed by atoms with Crippen LogP contribution in [0.2, 0.25) is 0 Å². The standard InChI is InChI=1S/C18H22N2OS2/c1-12-7-9-14(10-8-12)16-11-22-18(20-16)23-13(2)17(21)19-15-5-3-4-6-15/h7-11,13,15H,3-6H2,1-2H3,(H,19,21)/t13-/m0/s1. The Balaban J connectivity index is 1.59. The van der Waals surface area contributed by atoms with E-state index in [0.29, 0.717) is 6.04 Å². The molecule has 1 aliphatic carbocycles. The zero-order chi connectivity index (χ0) is 16.2. The molecule has 2 aromatic rings. The minimum atomic E-state index is -0.104. The van der Waals surface area contributed by atoms with Crippen molar-refractivity contribution in [1.82, 2.24) is 10.3 Å². The summed E-state index contributed by atoms with van der Waals surface area (Å²) in [7, 11) is 0. The molecule has 0 bridgehead atoms. The lowest BCUT2D eigenvalue weighted by atomic mass is 10.1. The van der Waals surface area contributed by atoms with Crippen LogP contribution in [0.5, 0.6) is 0 Å². The molecule has 3 nitrogen and oxygen atoms in total. The summed E-state index contributed by atoms with van der Waals surface area (Å²) >= 11 is 3.16. The molecule has 23 heavy (non-hydrogen) atoms. The Labute approximate surface area is 145 Å². The van der Waals surface area contributed by atoms with E-state index in [9.17, 15) is 4.79 Å². The molecule has 1 aliphatic rings. The molecule has 0 unspecified atom stereocenters. The lowest BCUT2D eigenvalue weighted by Gasteiger charge is -2.15. The number of hydrogen-bond donors (Lipinski definition) is 1. The van der Waals surface area contributed by atoms with Gasteiger partial charge in [0.1, 0.15) is 0 Å². The van der Waals surface area contributed by atoms with Gasteiger partial charge in [-0.2, -0.15) is 0 Å². The van der Waals surface area contributed by atoms with Gasteiger partial charge in [0.05, 0.1) is 10.9 Å². The van der Waals surface area contributed by atoms with Gasteiger partial charge in [0.25, 0.3) is 0 Å². The first-order chi connectivity index (χ1) is 11.1. The number of hydrogen-bond acceptors (Lipinski definition) is 4. The Morgan fingerprint density at radius 2 is 2.00 bits per heavy atom. The fraction of sp³-hybridized carbons (Fsp3) is 0.444. The van der Waals surface area contributed by atoms with Crippen LogP contribution in [-0.2, 0) is 4.79 Å². The van der Waals surface area contributed by atoms with Gasteiger partial charge in [0, 0.05) is 17.0 Å². The van der Waals surface area contributed by atoms with E-state index in [1.54, 1.807) is 23.1 Å². The van der Waals surface area contributed by atoms with Crippen molar-refractivity contribution in [2.24, 2.45) is 0 Å². The number of carbonyl (C=O) groups excluding carboxylic acids is 1. The number of nitrogens with one attached hydrogen (secondary N) is 1. The molecule has 1 amide bonds. The van der Waals surface area contributed by atoms with E-state index in [0.717, 1.165) is 28.4 Å². The van der Waals surface area contributed by atoms with Gasteiger partial charge >= 0.3 is 0 Å². The summed E-state index contributed by atoms with van der Waals surface area (Å²) < 4.78 is 0.953. The maximum atomic E-state index is 12.3. The summed E-state index contributed by atoms with van der Waals surface area (Å²) in [5.41, 5.74) is 3.36. The van der Waals surface area contributed by atoms with E-state index in [-0.39, 0.29) is 11.2 Å². The third kappa shape index (κ3) is 4.36. The van der Waals surface area contributed by atoms with Crippen molar-refractivity contribution in [2.75, 3.05) is 0 Å². The number of benzene rings is 1. The van der Waals surface area contributed by atoms with E-state index in [1.807, 2.05) is 6.92 Å². The smallest absolute Gasteiger partial charge is 0.233 e. The number of thioether (sulfide) groups is 1. The average Bonchev–Trinajstić information content (AvgIpc) is 3.20. The van der Waals surface area contributed by atoms with Crippen LogP contribution >= 0.6 is 23.1 Å². The summed E-state index contributed by atoms with van der Waals surface area (Å²) in [6, 6.07) is 8.76. The Morgan fingerprint density at radius 1 is 1.30 bits per heavy atom. The molecular weight excluding hydrogens is 324 g/mol. The van der Waals surface area contributed by atoms with Gasteiger partial charge in [0.2, 0.25) is 5.91 Å². The lowest BCUT2D eigenvalue weighted by molar-refractivity contribution is -0.120. The molecule has 1 N–H and O–H groups in total. The minimum absolute atomic E-state index is 0.104. The van der Waals surface area contributed by atoms with Gasteiger partial charge in [0.15, 0.2) is 4.34 Å². The van der Waals surface area contributed by atoms with E-state index >= 15 is 0 Å². The maximum absolute atomic E-state index is 12.3. The van der Waals surface area contributed by atoms with Crippen LogP contribution in [0.4, 0.5) is 0 Å². The number of aryl methyl sites for hydroxylation is 1. The second kappa shape index (κ2) is 7.49. The highest BCUT2D eigenvalue weighted by Crippen LogP contribution is 2.31. The molecule has 1 atom stereocenters. The van der Waals surface area contributed by atoms with Crippen molar-refractivity contribution in [3.05, 3.63) is 35.2 Å². The molecule has 1 aromatic heterocycles. The Bertz CT molecular complexity index is 660. The molecule has 1 aromatic carbocycles. The first-order valence-electron chi connectivity index (χ1n) is 8.11. The fourth-order valence-corrected chi connectivity index (χ4v) is 4.74. The van der Waals surface area contributed by atoms with Gasteiger partial charge in [-0.05, 0) is 26.7 Å². The van der Waals surface area contributed by atoms with Gasteiger partial charge in [-0.3, -0.25) is 4.79 Å². The minimum Gasteiger partial charge on any atom is -0.352 e. The van der Waals surface area contributed by atoms with Crippen LogP contribution in [0.1, 0.15) is 38.2 Å². The normalized spacial score (nSPS) is 16.4. The molecular formula is C18H22N2OS2. The number of aromatic nitrogens is 1. The Morgan fingerprint density at radius 3 is 2.70 bits per heavy atom. The number of rotatable bonds is 5. The largest absolute Gasteiger partial charge is 0.352 e. The summed E-state index contributed by atoms with van der Waals surface area (Å²) in [4.78, 5) is 16.9. The van der Waals surface area contributed by atoms with Gasteiger partial charge in [-0.25, -0.2) is 4.98 Å². The van der Waals surface area contributed by atoms with Crippen LogP contribution in [0.3, 0.4) is 0 Å². The quantitative estimate of drug-likeness (QED) is 0.801. The topological polar surface area (TPSA) is 42.0 Å². The number of nitrogens with zero attached hydrogens (tertiary/aromatic N) is 1. The first kappa shape index (κ1) is 16.5. The van der Waals surface area contributed by atoms with Crippen LogP contribution in [0.15, 0.2) is 34.0 Å². The monoisotopic (exact) mass is 346 g/mol. The SMILES string of the molecule is Cc1ccc(-c2csc(S[C@@H](C)C(=O)NC3CCCC3)n2)cc1. The van der Waals surface area contributed by atoms with Gasteiger partial charge < -0.3 is 5.32 Å². The summed E-state index contributed by atoms with van der Waals surface area (Å²) in [5.74, 6) is 0.133. The number of carbonyl (C=O) groups is 1. The van der Waals surface area contributed by atoms with Crippen molar-refractivity contribution in [2.45, 2.75) is 55.2 Å². The molecule has 122 valence electrons. The lowest BCUT2D eigenvalue weighted by Crippen LogP contribution is -2.37. The van der Waals surface area contributed by atoms with Gasteiger partial charge in [-0.1, -0.05) is 54.4 Å². The van der Waals surface area contributed by atoms with Crippen molar-refractivity contribution < 1.29 is 4.79 Å². The first-order valence-corrected chi connectivity index (χ1v) is 9.87. The third-order valence-electron chi connectivity index (χ3n) is 4.18. The zero-order valence-electron chi connectivity index (χ0n) is 13.5. The van der Waals surface area contributed by atoms with Crippen LogP contribution in [0.25, 0.3) is 11.3 Å². The summed E-state index contributed by atoms with van der Waals surface area (Å²) in [6.07, 6.45) is 4.72. The number of thiazole rings is 1. The highest BCUT2D eigenvalue weighted by atomic mass is 32.2. The fourth-order valence-electron chi connectivity index (χ4n) is 2.76.